The first kappa shape index (κ1) is 18.7. The van der Waals surface area contributed by atoms with Gasteiger partial charge < -0.3 is 5.32 Å². The molecule has 3 nitrogen and oxygen atoms in total. The zero-order valence-electron chi connectivity index (χ0n) is 14.8. The molecule has 140 valence electrons. The lowest BCUT2D eigenvalue weighted by atomic mass is 10.1. The van der Waals surface area contributed by atoms with Crippen LogP contribution < -0.4 is 5.32 Å². The summed E-state index contributed by atoms with van der Waals surface area (Å²) in [5, 5.41) is 9.48. The number of nitrogens with zero attached hydrogens (tertiary/aromatic N) is 2. The summed E-state index contributed by atoms with van der Waals surface area (Å²) in [6, 6.07) is 18.0. The molecule has 4 rings (SSSR count). The molecule has 0 saturated heterocycles. The Labute approximate surface area is 175 Å². The van der Waals surface area contributed by atoms with E-state index in [-0.39, 0.29) is 5.82 Å². The smallest absolute Gasteiger partial charge is 0.123 e. The van der Waals surface area contributed by atoms with Crippen LogP contribution in [0.25, 0.3) is 22.3 Å². The molecule has 0 aliphatic heterocycles. The van der Waals surface area contributed by atoms with Crippen LogP contribution in [-0.2, 0) is 6.54 Å². The van der Waals surface area contributed by atoms with Crippen molar-refractivity contribution in [3.8, 4) is 5.69 Å². The fourth-order valence-corrected chi connectivity index (χ4v) is 3.80. The van der Waals surface area contributed by atoms with Gasteiger partial charge in [0.05, 0.1) is 17.4 Å². The lowest BCUT2D eigenvalue weighted by Gasteiger charge is -2.12. The van der Waals surface area contributed by atoms with Gasteiger partial charge in [0, 0.05) is 32.7 Å². The van der Waals surface area contributed by atoms with Crippen LogP contribution >= 0.6 is 27.5 Å². The summed E-state index contributed by atoms with van der Waals surface area (Å²) in [7, 11) is 0. The minimum atomic E-state index is -0.273. The summed E-state index contributed by atoms with van der Waals surface area (Å²) >= 11 is 9.71. The van der Waals surface area contributed by atoms with Gasteiger partial charge in [0.15, 0.2) is 0 Å². The molecule has 4 aromatic rings. The summed E-state index contributed by atoms with van der Waals surface area (Å²) in [5.74, 6) is -0.273. The van der Waals surface area contributed by atoms with Crippen LogP contribution in [0.15, 0.2) is 77.9 Å². The van der Waals surface area contributed by atoms with Crippen LogP contribution in [0.1, 0.15) is 11.1 Å². The predicted octanol–water partition coefficient (Wildman–Crippen LogP) is 6.34. The van der Waals surface area contributed by atoms with Gasteiger partial charge in [-0.25, -0.2) is 9.07 Å². The molecular formula is C22H16BrClFN3. The number of benzene rings is 3. The normalized spacial score (nSPS) is 11.0. The summed E-state index contributed by atoms with van der Waals surface area (Å²) in [6.45, 7) is 4.74. The third kappa shape index (κ3) is 3.68. The van der Waals surface area contributed by atoms with Crippen molar-refractivity contribution in [2.24, 2.45) is 0 Å². The van der Waals surface area contributed by atoms with E-state index in [1.165, 1.54) is 12.1 Å². The third-order valence-corrected chi connectivity index (χ3v) is 5.36. The minimum Gasteiger partial charge on any atom is -0.381 e. The van der Waals surface area contributed by atoms with Gasteiger partial charge in [-0.3, -0.25) is 0 Å². The van der Waals surface area contributed by atoms with E-state index in [0.717, 1.165) is 37.9 Å². The molecule has 1 N–H and O–H groups in total. The second kappa shape index (κ2) is 7.78. The van der Waals surface area contributed by atoms with Gasteiger partial charge in [-0.15, -0.1) is 0 Å². The Kier molecular flexibility index (Phi) is 5.20. The van der Waals surface area contributed by atoms with E-state index in [0.29, 0.717) is 11.6 Å². The van der Waals surface area contributed by atoms with Crippen molar-refractivity contribution in [3.63, 3.8) is 0 Å². The highest BCUT2D eigenvalue weighted by molar-refractivity contribution is 9.10. The molecule has 0 atom stereocenters. The molecule has 0 spiro atoms. The fraction of sp³-hybridized carbons (Fsp3) is 0.0455. The standard InChI is InChI=1S/C22H16BrClFN3/c1-14(26-12-15-5-6-16(23)11-21(15)24)19-3-2-4-22-20(19)13-27-28(22)18-9-7-17(25)8-10-18/h2-11,13,26H,1,12H2. The van der Waals surface area contributed by atoms with Crippen LogP contribution in [0, 0.1) is 5.82 Å². The number of aromatic nitrogens is 2. The first-order valence-corrected chi connectivity index (χ1v) is 9.80. The molecule has 0 radical (unpaired) electrons. The van der Waals surface area contributed by atoms with Gasteiger partial charge in [0.25, 0.3) is 0 Å². The Hall–Kier alpha value is -2.63. The van der Waals surface area contributed by atoms with E-state index in [2.05, 4.69) is 32.9 Å². The maximum Gasteiger partial charge on any atom is 0.123 e. The van der Waals surface area contributed by atoms with Crippen LogP contribution in [-0.4, -0.2) is 9.78 Å². The molecule has 0 fully saturated rings. The number of rotatable bonds is 5. The number of hydrogen-bond donors (Lipinski definition) is 1. The predicted molar refractivity (Wildman–Crippen MR) is 116 cm³/mol. The lowest BCUT2D eigenvalue weighted by molar-refractivity contribution is 0.627. The molecule has 3 aromatic carbocycles. The summed E-state index contributed by atoms with van der Waals surface area (Å²) in [5.41, 5.74) is 4.45. The Morgan fingerprint density at radius 2 is 1.93 bits per heavy atom. The zero-order chi connectivity index (χ0) is 19.7. The van der Waals surface area contributed by atoms with E-state index in [4.69, 9.17) is 11.6 Å². The van der Waals surface area contributed by atoms with Crippen LogP contribution in [0.3, 0.4) is 0 Å². The molecule has 0 unspecified atom stereocenters. The Morgan fingerprint density at radius 1 is 1.14 bits per heavy atom. The largest absolute Gasteiger partial charge is 0.381 e. The Balaban J connectivity index is 1.62. The Morgan fingerprint density at radius 3 is 2.68 bits per heavy atom. The SMILES string of the molecule is C=C(NCc1ccc(Br)cc1Cl)c1cccc2c1cnn2-c1ccc(F)cc1. The molecule has 0 aliphatic carbocycles. The Bertz CT molecular complexity index is 1170. The fourth-order valence-electron chi connectivity index (χ4n) is 3.06. The van der Waals surface area contributed by atoms with Gasteiger partial charge in [0.2, 0.25) is 0 Å². The van der Waals surface area contributed by atoms with Gasteiger partial charge in [-0.2, -0.15) is 5.10 Å². The topological polar surface area (TPSA) is 29.9 Å². The molecule has 0 amide bonds. The van der Waals surface area contributed by atoms with Gasteiger partial charge in [-0.1, -0.05) is 52.3 Å². The van der Waals surface area contributed by atoms with E-state index >= 15 is 0 Å². The second-order valence-corrected chi connectivity index (χ2v) is 7.66. The molecule has 0 saturated carbocycles. The van der Waals surface area contributed by atoms with E-state index < -0.39 is 0 Å². The van der Waals surface area contributed by atoms with Crippen molar-refractivity contribution in [1.82, 2.24) is 15.1 Å². The molecule has 0 aliphatic rings. The lowest BCUT2D eigenvalue weighted by Crippen LogP contribution is -2.11. The van der Waals surface area contributed by atoms with E-state index in [1.54, 1.807) is 23.0 Å². The third-order valence-electron chi connectivity index (χ3n) is 4.52. The number of fused-ring (bicyclic) bond motifs is 1. The van der Waals surface area contributed by atoms with Gasteiger partial charge in [0.1, 0.15) is 5.82 Å². The number of halogens is 3. The average Bonchev–Trinajstić information content (AvgIpc) is 3.12. The van der Waals surface area contributed by atoms with Crippen LogP contribution in [0.5, 0.6) is 0 Å². The van der Waals surface area contributed by atoms with Gasteiger partial charge in [-0.05, 0) is 48.0 Å². The van der Waals surface area contributed by atoms with Crippen molar-refractivity contribution in [3.05, 3.63) is 99.9 Å². The molecule has 1 aromatic heterocycles. The molecular weight excluding hydrogens is 441 g/mol. The maximum atomic E-state index is 13.2. The van der Waals surface area contributed by atoms with E-state index in [1.807, 2.05) is 36.4 Å². The highest BCUT2D eigenvalue weighted by Crippen LogP contribution is 2.26. The highest BCUT2D eigenvalue weighted by Gasteiger charge is 2.11. The van der Waals surface area contributed by atoms with Crippen molar-refractivity contribution in [2.45, 2.75) is 6.54 Å². The molecule has 0 bridgehead atoms. The van der Waals surface area contributed by atoms with Crippen LogP contribution in [0.4, 0.5) is 4.39 Å². The zero-order valence-corrected chi connectivity index (χ0v) is 17.1. The quantitative estimate of drug-likeness (QED) is 0.380. The minimum absolute atomic E-state index is 0.273. The van der Waals surface area contributed by atoms with Crippen molar-refractivity contribution in [1.29, 1.82) is 0 Å². The maximum absolute atomic E-state index is 13.2. The van der Waals surface area contributed by atoms with Crippen molar-refractivity contribution >= 4 is 44.1 Å². The van der Waals surface area contributed by atoms with Gasteiger partial charge >= 0.3 is 0 Å². The molecule has 28 heavy (non-hydrogen) atoms. The monoisotopic (exact) mass is 455 g/mol. The first-order chi connectivity index (χ1) is 13.5. The van der Waals surface area contributed by atoms with Crippen molar-refractivity contribution in [2.75, 3.05) is 0 Å². The first-order valence-electron chi connectivity index (χ1n) is 8.63. The molecule has 6 heteroatoms. The summed E-state index contributed by atoms with van der Waals surface area (Å²) in [4.78, 5) is 0. The van der Waals surface area contributed by atoms with Crippen molar-refractivity contribution < 1.29 is 4.39 Å². The average molecular weight is 457 g/mol. The summed E-state index contributed by atoms with van der Waals surface area (Å²) in [6.07, 6.45) is 1.80. The highest BCUT2D eigenvalue weighted by atomic mass is 79.9. The number of hydrogen-bond acceptors (Lipinski definition) is 2. The summed E-state index contributed by atoms with van der Waals surface area (Å²) < 4.78 is 16.0. The van der Waals surface area contributed by atoms with E-state index in [9.17, 15) is 4.39 Å². The second-order valence-electron chi connectivity index (χ2n) is 6.34. The molecule has 1 heterocycles. The number of nitrogens with one attached hydrogen (secondary N) is 1. The van der Waals surface area contributed by atoms with Crippen LogP contribution in [0.2, 0.25) is 5.02 Å².